The molecule has 0 radical (unpaired) electrons. The number of hydrogen-bond donors (Lipinski definition) is 1. The number of aromatic nitrogens is 2. The van der Waals surface area contributed by atoms with Gasteiger partial charge in [-0.25, -0.2) is 0 Å². The number of benzene rings is 1. The van der Waals surface area contributed by atoms with Crippen molar-refractivity contribution >= 4 is 50.6 Å². The van der Waals surface area contributed by atoms with Gasteiger partial charge in [0.1, 0.15) is 0 Å². The van der Waals surface area contributed by atoms with Crippen molar-refractivity contribution < 1.29 is 0 Å². The number of rotatable bonds is 2. The minimum absolute atomic E-state index is 0.417. The summed E-state index contributed by atoms with van der Waals surface area (Å²) in [6.07, 6.45) is 0. The van der Waals surface area contributed by atoms with Gasteiger partial charge in [-0.05, 0) is 43.2 Å². The van der Waals surface area contributed by atoms with Gasteiger partial charge < -0.3 is 5.32 Å². The first-order valence-electron chi connectivity index (χ1n) is 5.20. The zero-order valence-corrected chi connectivity index (χ0v) is 12.9. The Balaban J connectivity index is 2.37. The number of nitrogens with one attached hydrogen (secondary N) is 1. The van der Waals surface area contributed by atoms with Gasteiger partial charge in [0.15, 0.2) is 11.0 Å². The molecule has 0 fully saturated rings. The molecule has 2 aromatic rings. The van der Waals surface area contributed by atoms with Crippen molar-refractivity contribution in [2.75, 3.05) is 5.32 Å². The predicted molar refractivity (Wildman–Crippen MR) is 79.0 cm³/mol. The Kier molecular flexibility index (Phi) is 4.10. The molecule has 0 atom stereocenters. The Hall–Kier alpha value is -0.840. The lowest BCUT2D eigenvalue weighted by molar-refractivity contribution is 1.00. The first-order chi connectivity index (χ1) is 8.49. The first-order valence-corrected chi connectivity index (χ1v) is 6.75. The maximum atomic E-state index is 6.14. The Labute approximate surface area is 124 Å². The van der Waals surface area contributed by atoms with E-state index in [1.54, 1.807) is 0 Å². The van der Waals surface area contributed by atoms with Crippen LogP contribution < -0.4 is 5.32 Å². The fourth-order valence-electron chi connectivity index (χ4n) is 1.41. The van der Waals surface area contributed by atoms with Crippen LogP contribution in [0.2, 0.25) is 10.2 Å². The molecule has 1 heterocycles. The highest BCUT2D eigenvalue weighted by Gasteiger charge is 2.09. The Morgan fingerprint density at radius 3 is 2.50 bits per heavy atom. The molecule has 94 valence electrons. The fourth-order valence-corrected chi connectivity index (χ4v) is 2.31. The topological polar surface area (TPSA) is 37.8 Å². The monoisotopic (exact) mass is 345 g/mol. The lowest BCUT2D eigenvalue weighted by atomic mass is 10.2. The first kappa shape index (κ1) is 13.6. The van der Waals surface area contributed by atoms with Gasteiger partial charge in [-0.15, -0.1) is 10.2 Å². The minimum atomic E-state index is 0.417. The third-order valence-electron chi connectivity index (χ3n) is 2.65. The molecule has 1 aromatic heterocycles. The van der Waals surface area contributed by atoms with Crippen molar-refractivity contribution in [1.82, 2.24) is 10.2 Å². The van der Waals surface area contributed by atoms with Crippen LogP contribution in [0.4, 0.5) is 11.5 Å². The second kappa shape index (κ2) is 5.43. The van der Waals surface area contributed by atoms with E-state index in [-0.39, 0.29) is 0 Å². The molecule has 6 heteroatoms. The lowest BCUT2D eigenvalue weighted by Gasteiger charge is -2.11. The zero-order chi connectivity index (χ0) is 13.3. The van der Waals surface area contributed by atoms with E-state index in [1.807, 2.05) is 32.0 Å². The third kappa shape index (κ3) is 2.76. The van der Waals surface area contributed by atoms with Crippen molar-refractivity contribution in [3.8, 4) is 0 Å². The van der Waals surface area contributed by atoms with Crippen molar-refractivity contribution in [2.45, 2.75) is 13.8 Å². The highest BCUT2D eigenvalue weighted by molar-refractivity contribution is 9.10. The Morgan fingerprint density at radius 1 is 1.11 bits per heavy atom. The summed E-state index contributed by atoms with van der Waals surface area (Å²) in [5.74, 6) is 0.654. The molecule has 0 saturated heterocycles. The molecule has 3 nitrogen and oxygen atoms in total. The van der Waals surface area contributed by atoms with E-state index in [2.05, 4.69) is 31.4 Å². The molecule has 0 aliphatic rings. The van der Waals surface area contributed by atoms with Crippen molar-refractivity contribution in [2.24, 2.45) is 0 Å². The van der Waals surface area contributed by atoms with E-state index in [4.69, 9.17) is 23.2 Å². The Bertz CT molecular complexity index is 602. The van der Waals surface area contributed by atoms with E-state index in [1.165, 1.54) is 0 Å². The molecule has 0 aliphatic heterocycles. The highest BCUT2D eigenvalue weighted by atomic mass is 79.9. The zero-order valence-electron chi connectivity index (χ0n) is 9.76. The van der Waals surface area contributed by atoms with Gasteiger partial charge in [0.2, 0.25) is 0 Å². The second-order valence-corrected chi connectivity index (χ2v) is 5.52. The van der Waals surface area contributed by atoms with Crippen LogP contribution in [0.15, 0.2) is 22.7 Å². The SMILES string of the molecule is Cc1c(Cl)nnc(Nc2ccc(Br)cc2Cl)c1C. The van der Waals surface area contributed by atoms with Crippen LogP contribution in [0.5, 0.6) is 0 Å². The second-order valence-electron chi connectivity index (χ2n) is 3.84. The number of anilines is 2. The summed E-state index contributed by atoms with van der Waals surface area (Å²) in [6.45, 7) is 3.84. The van der Waals surface area contributed by atoms with Gasteiger partial charge in [-0.3, -0.25) is 0 Å². The van der Waals surface area contributed by atoms with Gasteiger partial charge in [0, 0.05) is 4.47 Å². The summed E-state index contributed by atoms with van der Waals surface area (Å²) in [5.41, 5.74) is 2.63. The smallest absolute Gasteiger partial charge is 0.156 e. The molecule has 1 N–H and O–H groups in total. The van der Waals surface area contributed by atoms with Crippen LogP contribution >= 0.6 is 39.1 Å². The number of nitrogens with zero attached hydrogens (tertiary/aromatic N) is 2. The van der Waals surface area contributed by atoms with E-state index in [9.17, 15) is 0 Å². The molecular formula is C12H10BrCl2N3. The van der Waals surface area contributed by atoms with E-state index in [0.717, 1.165) is 21.3 Å². The van der Waals surface area contributed by atoms with E-state index < -0.39 is 0 Å². The number of halogens is 3. The lowest BCUT2D eigenvalue weighted by Crippen LogP contribution is -2.01. The van der Waals surface area contributed by atoms with Crippen LogP contribution in [0.25, 0.3) is 0 Å². The molecule has 2 rings (SSSR count). The summed E-state index contributed by atoms with van der Waals surface area (Å²) < 4.78 is 0.924. The van der Waals surface area contributed by atoms with Crippen LogP contribution in [-0.2, 0) is 0 Å². The summed E-state index contributed by atoms with van der Waals surface area (Å²) in [5, 5.41) is 12.1. The molecule has 0 saturated carbocycles. The molecule has 0 spiro atoms. The molecule has 18 heavy (non-hydrogen) atoms. The van der Waals surface area contributed by atoms with Crippen molar-refractivity contribution in [1.29, 1.82) is 0 Å². The van der Waals surface area contributed by atoms with Crippen molar-refractivity contribution in [3.05, 3.63) is 44.0 Å². The summed E-state index contributed by atoms with van der Waals surface area (Å²) in [6, 6.07) is 5.59. The molecule has 0 unspecified atom stereocenters. The largest absolute Gasteiger partial charge is 0.337 e. The third-order valence-corrected chi connectivity index (χ3v) is 3.81. The van der Waals surface area contributed by atoms with Gasteiger partial charge in [0.25, 0.3) is 0 Å². The van der Waals surface area contributed by atoms with Crippen LogP contribution in [0.1, 0.15) is 11.1 Å². The van der Waals surface area contributed by atoms with Gasteiger partial charge in [-0.2, -0.15) is 0 Å². The molecule has 0 bridgehead atoms. The average molecular weight is 347 g/mol. The minimum Gasteiger partial charge on any atom is -0.337 e. The standard InChI is InChI=1S/C12H10BrCl2N3/c1-6-7(2)12(18-17-11(6)15)16-10-4-3-8(13)5-9(10)14/h3-5H,1-2H3,(H,16,18). The highest BCUT2D eigenvalue weighted by Crippen LogP contribution is 2.30. The summed E-state index contributed by atoms with van der Waals surface area (Å²) in [7, 11) is 0. The Morgan fingerprint density at radius 2 is 1.83 bits per heavy atom. The predicted octanol–water partition coefficient (Wildman–Crippen LogP) is 4.91. The maximum Gasteiger partial charge on any atom is 0.156 e. The van der Waals surface area contributed by atoms with Crippen LogP contribution in [0, 0.1) is 13.8 Å². The van der Waals surface area contributed by atoms with Crippen LogP contribution in [0.3, 0.4) is 0 Å². The molecule has 1 aromatic carbocycles. The van der Waals surface area contributed by atoms with Crippen molar-refractivity contribution in [3.63, 3.8) is 0 Å². The van der Waals surface area contributed by atoms with Gasteiger partial charge in [-0.1, -0.05) is 39.1 Å². The molecular weight excluding hydrogens is 337 g/mol. The van der Waals surface area contributed by atoms with E-state index >= 15 is 0 Å². The average Bonchev–Trinajstić information content (AvgIpc) is 2.33. The molecule has 0 aliphatic carbocycles. The normalized spacial score (nSPS) is 10.5. The van der Waals surface area contributed by atoms with Crippen LogP contribution in [-0.4, -0.2) is 10.2 Å². The fraction of sp³-hybridized carbons (Fsp3) is 0.167. The van der Waals surface area contributed by atoms with Gasteiger partial charge >= 0.3 is 0 Å². The summed E-state index contributed by atoms with van der Waals surface area (Å²) >= 11 is 15.4. The number of hydrogen-bond acceptors (Lipinski definition) is 3. The van der Waals surface area contributed by atoms with Gasteiger partial charge in [0.05, 0.1) is 10.7 Å². The summed E-state index contributed by atoms with van der Waals surface area (Å²) in [4.78, 5) is 0. The maximum absolute atomic E-state index is 6.14. The molecule has 0 amide bonds. The quantitative estimate of drug-likeness (QED) is 0.839. The van der Waals surface area contributed by atoms with E-state index in [0.29, 0.717) is 16.0 Å².